The van der Waals surface area contributed by atoms with Crippen LogP contribution in [0.4, 0.5) is 11.4 Å². The third-order valence-electron chi connectivity index (χ3n) is 10.0. The monoisotopic (exact) mass is 629 g/mol. The van der Waals surface area contributed by atoms with Gasteiger partial charge in [-0.15, -0.1) is 0 Å². The summed E-state index contributed by atoms with van der Waals surface area (Å²) < 4.78 is 18.0. The van der Waals surface area contributed by atoms with E-state index in [1.807, 2.05) is 76.3 Å². The van der Waals surface area contributed by atoms with Crippen molar-refractivity contribution in [2.24, 2.45) is 17.8 Å². The molecule has 6 atom stereocenters. The van der Waals surface area contributed by atoms with E-state index in [9.17, 15) is 19.5 Å². The van der Waals surface area contributed by atoms with Gasteiger partial charge >= 0.3 is 0 Å². The maximum absolute atomic E-state index is 14.9. The Morgan fingerprint density at radius 1 is 0.848 bits per heavy atom. The zero-order valence-corrected chi connectivity index (χ0v) is 27.1. The summed E-state index contributed by atoms with van der Waals surface area (Å²) in [5.74, 6) is -1.62. The zero-order valence-electron chi connectivity index (χ0n) is 27.1. The highest BCUT2D eigenvalue weighted by Crippen LogP contribution is 2.59. The quantitative estimate of drug-likeness (QED) is 0.418. The first-order valence-electron chi connectivity index (χ1n) is 16.1. The lowest BCUT2D eigenvalue weighted by Crippen LogP contribution is -2.60. The molecule has 1 spiro atoms. The molecule has 244 valence electrons. The van der Waals surface area contributed by atoms with E-state index in [4.69, 9.17) is 14.2 Å². The number of benzene rings is 2. The Morgan fingerprint density at radius 2 is 1.43 bits per heavy atom. The first kappa shape index (κ1) is 31.8. The van der Waals surface area contributed by atoms with Crippen molar-refractivity contribution < 1.29 is 33.7 Å². The Labute approximate surface area is 270 Å². The van der Waals surface area contributed by atoms with Gasteiger partial charge in [-0.1, -0.05) is 45.1 Å². The second-order valence-corrected chi connectivity index (χ2v) is 12.7. The molecule has 3 amide bonds. The number of aliphatic hydroxyl groups is 1. The Kier molecular flexibility index (Phi) is 8.45. The molecule has 0 aromatic heterocycles. The van der Waals surface area contributed by atoms with Gasteiger partial charge < -0.3 is 34.0 Å². The minimum absolute atomic E-state index is 0.166. The molecule has 46 heavy (non-hydrogen) atoms. The number of carbonyl (C=O) groups is 3. The Bertz CT molecular complexity index is 1540. The highest BCUT2D eigenvalue weighted by molar-refractivity contribution is 6.07. The summed E-state index contributed by atoms with van der Waals surface area (Å²) in [4.78, 5) is 49.3. The number of nitrogens with zero attached hydrogens (tertiary/aromatic N) is 3. The Morgan fingerprint density at radius 3 is 1.98 bits per heavy atom. The molecule has 2 fully saturated rings. The van der Waals surface area contributed by atoms with Crippen molar-refractivity contribution in [1.82, 2.24) is 4.90 Å². The average molecular weight is 630 g/mol. The number of methoxy groups -OCH3 is 1. The summed E-state index contributed by atoms with van der Waals surface area (Å²) in [6.07, 6.45) is 7.96. The molecule has 2 aromatic carbocycles. The molecule has 2 saturated heterocycles. The number of amides is 3. The van der Waals surface area contributed by atoms with Gasteiger partial charge in [0.05, 0.1) is 43.8 Å². The maximum Gasteiger partial charge on any atom is 0.253 e. The highest BCUT2D eigenvalue weighted by atomic mass is 16.5. The number of carbonyl (C=O) groups excluding carboxylic acids is 3. The van der Waals surface area contributed by atoms with Crippen molar-refractivity contribution in [2.45, 2.75) is 57.4 Å². The normalized spacial score (nSPS) is 29.4. The van der Waals surface area contributed by atoms with E-state index in [2.05, 4.69) is 0 Å². The van der Waals surface area contributed by atoms with Crippen LogP contribution in [-0.4, -0.2) is 84.4 Å². The molecule has 0 aliphatic carbocycles. The third-order valence-corrected chi connectivity index (χ3v) is 10.0. The number of likely N-dealkylation sites (tertiary alicyclic amines) is 1. The van der Waals surface area contributed by atoms with Crippen LogP contribution >= 0.6 is 0 Å². The molecule has 0 saturated carbocycles. The van der Waals surface area contributed by atoms with E-state index in [-0.39, 0.29) is 36.8 Å². The van der Waals surface area contributed by atoms with Crippen molar-refractivity contribution in [2.75, 3.05) is 43.2 Å². The third kappa shape index (κ3) is 4.81. The number of hydrogen-bond acceptors (Lipinski definition) is 7. The van der Waals surface area contributed by atoms with Crippen LogP contribution in [0.25, 0.3) is 0 Å². The smallest absolute Gasteiger partial charge is 0.253 e. The van der Waals surface area contributed by atoms with E-state index in [1.54, 1.807) is 41.2 Å². The topological polar surface area (TPSA) is 109 Å². The highest BCUT2D eigenvalue weighted by Gasteiger charge is 2.76. The minimum atomic E-state index is -1.43. The fourth-order valence-corrected chi connectivity index (χ4v) is 7.79. The van der Waals surface area contributed by atoms with Crippen molar-refractivity contribution in [1.29, 1.82) is 0 Å². The molecule has 10 nitrogen and oxygen atoms in total. The van der Waals surface area contributed by atoms with Gasteiger partial charge in [0.25, 0.3) is 5.91 Å². The van der Waals surface area contributed by atoms with Gasteiger partial charge in [0.15, 0.2) is 0 Å². The van der Waals surface area contributed by atoms with Gasteiger partial charge in [-0.25, -0.2) is 0 Å². The van der Waals surface area contributed by atoms with Crippen molar-refractivity contribution in [3.05, 3.63) is 72.8 Å². The van der Waals surface area contributed by atoms with Crippen LogP contribution in [0.1, 0.15) is 34.1 Å². The molecule has 0 bridgehead atoms. The summed E-state index contributed by atoms with van der Waals surface area (Å²) >= 11 is 0. The summed E-state index contributed by atoms with van der Waals surface area (Å²) in [6, 6.07) is 12.8. The van der Waals surface area contributed by atoms with E-state index < -0.39 is 35.1 Å². The minimum Gasteiger partial charge on any atom is -0.497 e. The summed E-state index contributed by atoms with van der Waals surface area (Å²) in [5.41, 5.74) is -1.23. The summed E-state index contributed by atoms with van der Waals surface area (Å²) in [5, 5.41) is 10.6. The Hall–Kier alpha value is -4.15. The number of fused-ring (bicyclic) bond motifs is 2. The van der Waals surface area contributed by atoms with Gasteiger partial charge in [0.2, 0.25) is 11.8 Å². The van der Waals surface area contributed by atoms with Crippen LogP contribution in [0.3, 0.4) is 0 Å². The second-order valence-electron chi connectivity index (χ2n) is 12.7. The van der Waals surface area contributed by atoms with E-state index in [0.29, 0.717) is 42.4 Å². The molecule has 10 heteroatoms. The van der Waals surface area contributed by atoms with Crippen LogP contribution in [0, 0.1) is 17.8 Å². The van der Waals surface area contributed by atoms with Crippen molar-refractivity contribution in [3.63, 3.8) is 0 Å². The molecular formula is C36H43N3O7. The molecule has 4 aliphatic rings. The van der Waals surface area contributed by atoms with Crippen LogP contribution in [-0.2, 0) is 19.1 Å². The number of ether oxygens (including phenoxy) is 3. The molecule has 6 rings (SSSR count). The maximum atomic E-state index is 14.9. The SMILES string of the molecule is CCOc1ccc(N2CC=C[C@@]3(CC)O[C@]45C=CCN(c6ccc(OC)cc6)C(=O)C4N([C@@H](CO)C(C)C)C(=O)[C@@H]5[C@H]3C2=O)cc1. The van der Waals surface area contributed by atoms with Gasteiger partial charge in [-0.2, -0.15) is 0 Å². The van der Waals surface area contributed by atoms with Crippen LogP contribution in [0.15, 0.2) is 72.8 Å². The van der Waals surface area contributed by atoms with Gasteiger partial charge in [-0.3, -0.25) is 14.4 Å². The average Bonchev–Trinajstić information content (AvgIpc) is 3.34. The molecule has 4 heterocycles. The fourth-order valence-electron chi connectivity index (χ4n) is 7.79. The predicted octanol–water partition coefficient (Wildman–Crippen LogP) is 3.98. The lowest BCUT2D eigenvalue weighted by atomic mass is 9.73. The number of aliphatic hydroxyl groups excluding tert-OH is 1. The lowest BCUT2D eigenvalue weighted by molar-refractivity contribution is -0.150. The molecular weight excluding hydrogens is 586 g/mol. The van der Waals surface area contributed by atoms with Crippen LogP contribution < -0.4 is 19.3 Å². The van der Waals surface area contributed by atoms with Gasteiger partial charge in [-0.05, 0) is 67.8 Å². The van der Waals surface area contributed by atoms with Crippen molar-refractivity contribution >= 4 is 29.1 Å². The largest absolute Gasteiger partial charge is 0.497 e. The molecule has 2 aromatic rings. The second kappa shape index (κ2) is 12.2. The summed E-state index contributed by atoms with van der Waals surface area (Å²) in [6.45, 7) is 8.44. The summed E-state index contributed by atoms with van der Waals surface area (Å²) in [7, 11) is 1.58. The van der Waals surface area contributed by atoms with E-state index in [0.717, 1.165) is 0 Å². The number of hydrogen-bond donors (Lipinski definition) is 1. The predicted molar refractivity (Wildman–Crippen MR) is 174 cm³/mol. The first-order valence-corrected chi connectivity index (χ1v) is 16.1. The van der Waals surface area contributed by atoms with Gasteiger partial charge in [0, 0.05) is 24.5 Å². The van der Waals surface area contributed by atoms with E-state index in [1.165, 1.54) is 4.90 Å². The Balaban J connectivity index is 1.48. The van der Waals surface area contributed by atoms with Crippen LogP contribution in [0.2, 0.25) is 0 Å². The number of rotatable bonds is 9. The number of anilines is 2. The molecule has 1 unspecified atom stereocenters. The standard InChI is InChI=1S/C36H43N3O7/c1-6-35-18-8-20-37(24-12-16-27(17-13-24)45-7-2)32(41)29(35)30-33(42)39(28(22-40)23(3)4)31-34(43)38(21-9-19-36(30,31)46-35)25-10-14-26(44-5)15-11-25/h8-19,23,28-31,40H,6-7,20-22H2,1-5H3/t28-,29-,30-,31?,35+,36-/m0/s1. The van der Waals surface area contributed by atoms with E-state index >= 15 is 0 Å². The lowest BCUT2D eigenvalue weighted by Gasteiger charge is -2.41. The van der Waals surface area contributed by atoms with Crippen molar-refractivity contribution in [3.8, 4) is 11.5 Å². The molecule has 4 aliphatic heterocycles. The zero-order chi connectivity index (χ0) is 32.8. The van der Waals surface area contributed by atoms with Crippen LogP contribution in [0.5, 0.6) is 11.5 Å². The first-order chi connectivity index (χ1) is 22.2. The van der Waals surface area contributed by atoms with Gasteiger partial charge in [0.1, 0.15) is 23.1 Å². The molecule has 0 radical (unpaired) electrons. The molecule has 1 N–H and O–H groups in total. The fraction of sp³-hybridized carbons (Fsp3) is 0.472.